The highest BCUT2D eigenvalue weighted by Gasteiger charge is 2.19. The number of hydrogen-bond donors (Lipinski definition) is 3. The van der Waals surface area contributed by atoms with Gasteiger partial charge in [0, 0.05) is 5.69 Å². The van der Waals surface area contributed by atoms with E-state index in [0.29, 0.717) is 28.5 Å². The standard InChI is InChI=1S/C24H26N2O7S/c1-30-21-13-16(14-22(31-2)24(21)33-4)6-5-15-11-19(23(32-3)20(27)12-15)26-34(28,29)18-9-7-17(25)8-10-18/h5-14,26-27H,25H2,1-4H3/b6-5-. The first-order valence-corrected chi connectivity index (χ1v) is 11.5. The van der Waals surface area contributed by atoms with Crippen molar-refractivity contribution in [3.63, 3.8) is 0 Å². The third-order valence-corrected chi connectivity index (χ3v) is 6.27. The van der Waals surface area contributed by atoms with E-state index in [2.05, 4.69) is 4.72 Å². The number of phenols is 1. The summed E-state index contributed by atoms with van der Waals surface area (Å²) in [5.74, 6) is 1.18. The van der Waals surface area contributed by atoms with Crippen LogP contribution >= 0.6 is 0 Å². The number of sulfonamides is 1. The zero-order valence-electron chi connectivity index (χ0n) is 19.2. The van der Waals surface area contributed by atoms with E-state index in [9.17, 15) is 13.5 Å². The van der Waals surface area contributed by atoms with Gasteiger partial charge in [0.25, 0.3) is 10.0 Å². The van der Waals surface area contributed by atoms with Gasteiger partial charge in [0.15, 0.2) is 23.0 Å². The second-order valence-electron chi connectivity index (χ2n) is 7.09. The van der Waals surface area contributed by atoms with E-state index in [1.54, 1.807) is 30.4 Å². The number of aromatic hydroxyl groups is 1. The Kier molecular flexibility index (Phi) is 7.42. The molecule has 34 heavy (non-hydrogen) atoms. The van der Waals surface area contributed by atoms with Gasteiger partial charge in [-0.05, 0) is 59.7 Å². The number of anilines is 2. The minimum absolute atomic E-state index is 0.0102. The Morgan fingerprint density at radius 3 is 1.82 bits per heavy atom. The quantitative estimate of drug-likeness (QED) is 0.306. The Balaban J connectivity index is 1.98. The number of nitrogens with two attached hydrogens (primary N) is 1. The highest BCUT2D eigenvalue weighted by Crippen LogP contribution is 2.40. The first-order valence-electron chi connectivity index (χ1n) is 9.99. The number of ether oxygens (including phenoxy) is 4. The zero-order valence-corrected chi connectivity index (χ0v) is 20.0. The summed E-state index contributed by atoms with van der Waals surface area (Å²) in [4.78, 5) is 0.0154. The van der Waals surface area contributed by atoms with Crippen LogP contribution in [-0.2, 0) is 10.0 Å². The van der Waals surface area contributed by atoms with Crippen LogP contribution in [0.2, 0.25) is 0 Å². The summed E-state index contributed by atoms with van der Waals surface area (Å²) in [6.07, 6.45) is 3.45. The van der Waals surface area contributed by atoms with Crippen LogP contribution in [-0.4, -0.2) is 42.0 Å². The SMILES string of the molecule is COc1cc(/C=C\c2cc(O)c(OC)c(NS(=O)(=O)c3ccc(N)cc3)c2)cc(OC)c1OC. The highest BCUT2D eigenvalue weighted by molar-refractivity contribution is 7.92. The molecule has 0 aliphatic heterocycles. The van der Waals surface area contributed by atoms with Crippen molar-refractivity contribution in [1.29, 1.82) is 0 Å². The summed E-state index contributed by atoms with van der Waals surface area (Å²) >= 11 is 0. The molecule has 0 atom stereocenters. The van der Waals surface area contributed by atoms with E-state index in [1.165, 1.54) is 58.8 Å². The predicted octanol–water partition coefficient (Wildman–Crippen LogP) is 3.98. The summed E-state index contributed by atoms with van der Waals surface area (Å²) in [6, 6.07) is 12.3. The molecule has 0 fully saturated rings. The van der Waals surface area contributed by atoms with E-state index in [-0.39, 0.29) is 22.1 Å². The Bertz CT molecular complexity index is 1280. The van der Waals surface area contributed by atoms with E-state index in [1.807, 2.05) is 0 Å². The van der Waals surface area contributed by atoms with Crippen molar-refractivity contribution in [3.05, 3.63) is 59.7 Å². The fourth-order valence-electron chi connectivity index (χ4n) is 3.26. The van der Waals surface area contributed by atoms with Crippen LogP contribution in [0.25, 0.3) is 12.2 Å². The highest BCUT2D eigenvalue weighted by atomic mass is 32.2. The summed E-state index contributed by atoms with van der Waals surface area (Å²) < 4.78 is 49.4. The van der Waals surface area contributed by atoms with Gasteiger partial charge in [0.05, 0.1) is 39.0 Å². The molecule has 0 saturated heterocycles. The smallest absolute Gasteiger partial charge is 0.262 e. The first-order chi connectivity index (χ1) is 16.2. The van der Waals surface area contributed by atoms with Crippen molar-refractivity contribution in [2.75, 3.05) is 38.9 Å². The van der Waals surface area contributed by atoms with Crippen LogP contribution in [0.1, 0.15) is 11.1 Å². The molecule has 0 aliphatic rings. The first kappa shape index (κ1) is 24.6. The monoisotopic (exact) mass is 486 g/mol. The zero-order chi connectivity index (χ0) is 24.9. The summed E-state index contributed by atoms with van der Waals surface area (Å²) in [6.45, 7) is 0. The van der Waals surface area contributed by atoms with Gasteiger partial charge in [-0.25, -0.2) is 8.42 Å². The van der Waals surface area contributed by atoms with Gasteiger partial charge in [-0.3, -0.25) is 4.72 Å². The predicted molar refractivity (Wildman–Crippen MR) is 131 cm³/mol. The maximum atomic E-state index is 12.8. The Labute approximate surface area is 198 Å². The van der Waals surface area contributed by atoms with Crippen LogP contribution in [0, 0.1) is 0 Å². The maximum absolute atomic E-state index is 12.8. The van der Waals surface area contributed by atoms with Crippen molar-refractivity contribution in [2.24, 2.45) is 0 Å². The number of nitrogens with one attached hydrogen (secondary N) is 1. The van der Waals surface area contributed by atoms with Gasteiger partial charge in [0.2, 0.25) is 5.75 Å². The molecule has 180 valence electrons. The average Bonchev–Trinajstić information content (AvgIpc) is 2.81. The molecule has 0 unspecified atom stereocenters. The van der Waals surface area contributed by atoms with E-state index in [0.717, 1.165) is 5.56 Å². The van der Waals surface area contributed by atoms with Gasteiger partial charge in [-0.1, -0.05) is 12.2 Å². The van der Waals surface area contributed by atoms with Crippen molar-refractivity contribution in [2.45, 2.75) is 4.90 Å². The third-order valence-electron chi connectivity index (χ3n) is 4.89. The molecule has 3 aromatic carbocycles. The van der Waals surface area contributed by atoms with Crippen LogP contribution in [0.5, 0.6) is 28.7 Å². The molecule has 0 aromatic heterocycles. The molecule has 10 heteroatoms. The van der Waals surface area contributed by atoms with Crippen molar-refractivity contribution >= 4 is 33.6 Å². The molecule has 3 aromatic rings. The molecule has 0 bridgehead atoms. The molecule has 0 amide bonds. The van der Waals surface area contributed by atoms with E-state index in [4.69, 9.17) is 24.7 Å². The number of benzene rings is 3. The lowest BCUT2D eigenvalue weighted by molar-refractivity contribution is 0.324. The minimum atomic E-state index is -3.96. The van der Waals surface area contributed by atoms with Crippen LogP contribution < -0.4 is 29.4 Å². The van der Waals surface area contributed by atoms with Crippen molar-refractivity contribution in [3.8, 4) is 28.7 Å². The van der Waals surface area contributed by atoms with Gasteiger partial charge >= 0.3 is 0 Å². The molecule has 0 heterocycles. The fourth-order valence-corrected chi connectivity index (χ4v) is 4.32. The summed E-state index contributed by atoms with van der Waals surface area (Å²) in [5.41, 5.74) is 7.40. The van der Waals surface area contributed by atoms with Crippen molar-refractivity contribution in [1.82, 2.24) is 0 Å². The molecule has 0 spiro atoms. The fraction of sp³-hybridized carbons (Fsp3) is 0.167. The number of methoxy groups -OCH3 is 4. The van der Waals surface area contributed by atoms with E-state index < -0.39 is 10.0 Å². The molecule has 0 saturated carbocycles. The minimum Gasteiger partial charge on any atom is -0.504 e. The van der Waals surface area contributed by atoms with Gasteiger partial charge in [-0.2, -0.15) is 0 Å². The molecular weight excluding hydrogens is 460 g/mol. The van der Waals surface area contributed by atoms with Crippen LogP contribution in [0.4, 0.5) is 11.4 Å². The number of nitrogen functional groups attached to an aromatic ring is 1. The second kappa shape index (κ2) is 10.3. The molecule has 3 rings (SSSR count). The number of phenolic OH excluding ortho intramolecular Hbond substituents is 1. The summed E-state index contributed by atoms with van der Waals surface area (Å²) in [5, 5.41) is 10.4. The number of rotatable bonds is 9. The van der Waals surface area contributed by atoms with Gasteiger partial charge in [-0.15, -0.1) is 0 Å². The largest absolute Gasteiger partial charge is 0.504 e. The average molecular weight is 487 g/mol. The summed E-state index contributed by atoms with van der Waals surface area (Å²) in [7, 11) is 1.93. The lowest BCUT2D eigenvalue weighted by Crippen LogP contribution is -2.13. The van der Waals surface area contributed by atoms with Gasteiger partial charge in [0.1, 0.15) is 0 Å². The Hall–Kier alpha value is -4.05. The second-order valence-corrected chi connectivity index (χ2v) is 8.77. The van der Waals surface area contributed by atoms with Crippen LogP contribution in [0.15, 0.2) is 53.4 Å². The molecule has 0 radical (unpaired) electrons. The topological polar surface area (TPSA) is 129 Å². The maximum Gasteiger partial charge on any atom is 0.262 e. The molecule has 4 N–H and O–H groups in total. The lowest BCUT2D eigenvalue weighted by Gasteiger charge is -2.14. The third kappa shape index (κ3) is 5.29. The number of hydrogen-bond acceptors (Lipinski definition) is 8. The van der Waals surface area contributed by atoms with E-state index >= 15 is 0 Å². The van der Waals surface area contributed by atoms with Crippen LogP contribution in [0.3, 0.4) is 0 Å². The molecule has 9 nitrogen and oxygen atoms in total. The lowest BCUT2D eigenvalue weighted by atomic mass is 10.1. The normalized spacial score (nSPS) is 11.3. The van der Waals surface area contributed by atoms with Crippen molar-refractivity contribution < 1.29 is 32.5 Å². The van der Waals surface area contributed by atoms with Gasteiger partial charge < -0.3 is 29.8 Å². The molecular formula is C24H26N2O7S. The Morgan fingerprint density at radius 1 is 0.794 bits per heavy atom. The molecule has 0 aliphatic carbocycles. The Morgan fingerprint density at radius 2 is 1.32 bits per heavy atom.